The van der Waals surface area contributed by atoms with Gasteiger partial charge in [0.2, 0.25) is 0 Å². The molecular weight excluding hydrogens is 482 g/mol. The zero-order valence-corrected chi connectivity index (χ0v) is 27.2. The van der Waals surface area contributed by atoms with Crippen molar-refractivity contribution < 1.29 is 14.4 Å². The van der Waals surface area contributed by atoms with Crippen molar-refractivity contribution in [2.45, 2.75) is 146 Å². The average Bonchev–Trinajstić information content (AvgIpc) is 3.32. The van der Waals surface area contributed by atoms with Gasteiger partial charge in [-0.15, -0.1) is 0 Å². The monoisotopic (exact) mass is 541 g/mol. The third kappa shape index (κ3) is 6.11. The highest BCUT2D eigenvalue weighted by Gasteiger charge is 2.61. The number of carbonyl (C=O) groups excluding carboxylic acids is 1. The summed E-state index contributed by atoms with van der Waals surface area (Å²) in [6.45, 7) is 25.9. The van der Waals surface area contributed by atoms with Gasteiger partial charge in [-0.25, -0.2) is 0 Å². The van der Waals surface area contributed by atoms with Gasteiger partial charge in [-0.05, 0) is 104 Å². The number of aromatic nitrogens is 1. The lowest BCUT2D eigenvalue weighted by atomic mass is 9.41. The predicted molar refractivity (Wildman–Crippen MR) is 162 cm³/mol. The second-order valence-corrected chi connectivity index (χ2v) is 16.1. The first-order valence-electron chi connectivity index (χ1n) is 15.7. The van der Waals surface area contributed by atoms with Crippen molar-refractivity contribution in [3.63, 3.8) is 0 Å². The fraction of sp³-hybridized carbons (Fsp3) is 0.829. The third-order valence-electron chi connectivity index (χ3n) is 12.1. The molecule has 0 saturated heterocycles. The smallest absolute Gasteiger partial charge is 0.152 e. The van der Waals surface area contributed by atoms with Crippen LogP contribution >= 0.6 is 0 Å². The molecule has 1 saturated carbocycles. The molecule has 1 aromatic heterocycles. The standard InChI is InChI=1S/C35H59NO3/c1-12-30(3,4)17-19-33(9,15-13-21-37)20-18-31(5,6)35(11)16-14-27-32(7,8)29-26(24-36-39-29)23-34(27,10)28(35)22-25(2)38/h22,24,27,37H,12-21,23H2,1-11H3/b28-22-/t27-,33-,34-,35+/m0/s1. The van der Waals surface area contributed by atoms with Crippen LogP contribution in [0.5, 0.6) is 0 Å². The Labute approximate surface area is 239 Å². The summed E-state index contributed by atoms with van der Waals surface area (Å²) in [6, 6.07) is 0. The molecule has 1 fully saturated rings. The van der Waals surface area contributed by atoms with Gasteiger partial charge in [-0.1, -0.05) is 86.4 Å². The van der Waals surface area contributed by atoms with Crippen molar-refractivity contribution in [3.8, 4) is 0 Å². The maximum Gasteiger partial charge on any atom is 0.152 e. The molecule has 0 bridgehead atoms. The number of rotatable bonds is 12. The van der Waals surface area contributed by atoms with Gasteiger partial charge in [0.15, 0.2) is 5.78 Å². The Hall–Kier alpha value is -1.42. The lowest BCUT2D eigenvalue weighted by Crippen LogP contribution is -2.56. The highest BCUT2D eigenvalue weighted by molar-refractivity contribution is 5.88. The highest BCUT2D eigenvalue weighted by atomic mass is 16.5. The van der Waals surface area contributed by atoms with E-state index in [2.05, 4.69) is 74.4 Å². The molecule has 2 aliphatic rings. The van der Waals surface area contributed by atoms with Gasteiger partial charge in [-0.3, -0.25) is 4.79 Å². The number of aliphatic hydroxyl groups excluding tert-OH is 1. The maximum absolute atomic E-state index is 12.8. The molecule has 4 nitrogen and oxygen atoms in total. The van der Waals surface area contributed by atoms with E-state index in [4.69, 9.17) is 4.52 Å². The Morgan fingerprint density at radius 2 is 1.72 bits per heavy atom. The number of allylic oxidation sites excluding steroid dienone is 2. The minimum atomic E-state index is -0.130. The molecule has 4 atom stereocenters. The van der Waals surface area contributed by atoms with E-state index >= 15 is 0 Å². The van der Waals surface area contributed by atoms with E-state index in [1.807, 2.05) is 12.3 Å². The maximum atomic E-state index is 12.8. The molecule has 0 amide bonds. The molecule has 4 heteroatoms. The summed E-state index contributed by atoms with van der Waals surface area (Å²) < 4.78 is 5.81. The van der Waals surface area contributed by atoms with E-state index in [0.29, 0.717) is 11.3 Å². The number of hydrogen-bond acceptors (Lipinski definition) is 4. The second-order valence-electron chi connectivity index (χ2n) is 16.1. The van der Waals surface area contributed by atoms with E-state index in [-0.39, 0.29) is 39.5 Å². The molecule has 0 unspecified atom stereocenters. The number of ketones is 1. The number of carbonyl (C=O) groups is 1. The van der Waals surface area contributed by atoms with Crippen molar-refractivity contribution in [1.82, 2.24) is 5.16 Å². The van der Waals surface area contributed by atoms with Crippen LogP contribution in [0.1, 0.15) is 145 Å². The fourth-order valence-corrected chi connectivity index (χ4v) is 8.37. The van der Waals surface area contributed by atoms with E-state index in [9.17, 15) is 9.90 Å². The minimum Gasteiger partial charge on any atom is -0.396 e. The lowest BCUT2D eigenvalue weighted by Gasteiger charge is -2.62. The largest absolute Gasteiger partial charge is 0.396 e. The molecule has 1 N–H and O–H groups in total. The summed E-state index contributed by atoms with van der Waals surface area (Å²) >= 11 is 0. The van der Waals surface area contributed by atoms with Crippen molar-refractivity contribution in [3.05, 3.63) is 29.2 Å². The van der Waals surface area contributed by atoms with Gasteiger partial charge in [-0.2, -0.15) is 0 Å². The third-order valence-corrected chi connectivity index (χ3v) is 12.1. The van der Waals surface area contributed by atoms with Crippen LogP contribution in [0.3, 0.4) is 0 Å². The zero-order valence-electron chi connectivity index (χ0n) is 27.2. The van der Waals surface area contributed by atoms with E-state index in [0.717, 1.165) is 50.7 Å². The molecule has 3 rings (SSSR count). The Bertz CT molecular complexity index is 1050. The Morgan fingerprint density at radius 1 is 1.08 bits per heavy atom. The first kappa shape index (κ1) is 32.1. The molecule has 0 aromatic carbocycles. The van der Waals surface area contributed by atoms with Crippen molar-refractivity contribution in [1.29, 1.82) is 0 Å². The van der Waals surface area contributed by atoms with Crippen LogP contribution in [-0.2, 0) is 16.6 Å². The zero-order chi connectivity index (χ0) is 29.5. The summed E-state index contributed by atoms with van der Waals surface area (Å²) in [6.07, 6.45) is 14.8. The average molecular weight is 542 g/mol. The van der Waals surface area contributed by atoms with Crippen LogP contribution in [0.4, 0.5) is 0 Å². The van der Waals surface area contributed by atoms with Crippen LogP contribution in [-0.4, -0.2) is 22.7 Å². The van der Waals surface area contributed by atoms with Gasteiger partial charge < -0.3 is 9.63 Å². The molecule has 0 aliphatic heterocycles. The van der Waals surface area contributed by atoms with Crippen LogP contribution < -0.4 is 0 Å². The first-order valence-corrected chi connectivity index (χ1v) is 15.7. The predicted octanol–water partition coefficient (Wildman–Crippen LogP) is 9.25. The van der Waals surface area contributed by atoms with Gasteiger partial charge in [0.1, 0.15) is 5.76 Å². The van der Waals surface area contributed by atoms with Gasteiger partial charge in [0, 0.05) is 17.6 Å². The highest BCUT2D eigenvalue weighted by Crippen LogP contribution is 2.67. The fourth-order valence-electron chi connectivity index (χ4n) is 8.37. The molecule has 1 aromatic rings. The van der Waals surface area contributed by atoms with Gasteiger partial charge in [0.25, 0.3) is 0 Å². The number of fused-ring (bicyclic) bond motifs is 2. The van der Waals surface area contributed by atoms with Crippen LogP contribution in [0.15, 0.2) is 22.4 Å². The van der Waals surface area contributed by atoms with E-state index in [1.165, 1.54) is 30.4 Å². The van der Waals surface area contributed by atoms with Crippen LogP contribution in [0.2, 0.25) is 0 Å². The minimum absolute atomic E-state index is 0.0160. The molecule has 0 spiro atoms. The molecular formula is C35H59NO3. The van der Waals surface area contributed by atoms with Crippen molar-refractivity contribution >= 4 is 5.78 Å². The van der Waals surface area contributed by atoms with E-state index in [1.54, 1.807) is 6.92 Å². The van der Waals surface area contributed by atoms with Gasteiger partial charge in [0.05, 0.1) is 6.20 Å². The van der Waals surface area contributed by atoms with Gasteiger partial charge >= 0.3 is 0 Å². The number of nitrogens with zero attached hydrogens (tertiary/aromatic N) is 1. The lowest BCUT2D eigenvalue weighted by molar-refractivity contribution is -0.113. The van der Waals surface area contributed by atoms with Crippen LogP contribution in [0.25, 0.3) is 0 Å². The Kier molecular flexibility index (Phi) is 9.14. The molecule has 0 radical (unpaired) electrons. The summed E-state index contributed by atoms with van der Waals surface area (Å²) in [7, 11) is 0. The molecule has 39 heavy (non-hydrogen) atoms. The van der Waals surface area contributed by atoms with Crippen molar-refractivity contribution in [2.75, 3.05) is 6.61 Å². The number of hydrogen-bond donors (Lipinski definition) is 1. The quantitative estimate of drug-likeness (QED) is 0.268. The molecule has 2 aliphatic carbocycles. The molecule has 1 heterocycles. The second kappa shape index (κ2) is 11.1. The van der Waals surface area contributed by atoms with Crippen molar-refractivity contribution in [2.24, 2.45) is 33.0 Å². The summed E-state index contributed by atoms with van der Waals surface area (Å²) in [5.41, 5.74) is 2.77. The topological polar surface area (TPSA) is 63.3 Å². The number of aliphatic hydroxyl groups is 1. The Balaban J connectivity index is 1.96. The SMILES string of the molecule is CCC(C)(C)CC[C@](C)(CCCO)CCC(C)(C)[C@]1(C)CC[C@H]2C(C)(C)c3oncc3C[C@]2(C)/C1=C/C(C)=O. The summed E-state index contributed by atoms with van der Waals surface area (Å²) in [4.78, 5) is 12.8. The normalized spacial score (nSPS) is 29.5. The summed E-state index contributed by atoms with van der Waals surface area (Å²) in [5, 5.41) is 13.9. The van der Waals surface area contributed by atoms with E-state index < -0.39 is 0 Å². The van der Waals surface area contributed by atoms with Crippen LogP contribution in [0, 0.1) is 33.0 Å². The first-order chi connectivity index (χ1) is 17.9. The summed E-state index contributed by atoms with van der Waals surface area (Å²) in [5.74, 6) is 1.58. The Morgan fingerprint density at radius 3 is 2.31 bits per heavy atom. The molecule has 222 valence electrons.